The minimum atomic E-state index is -4.52. The van der Waals surface area contributed by atoms with Gasteiger partial charge in [-0.3, -0.25) is 4.98 Å². The smallest absolute Gasteiger partial charge is 0.418 e. The van der Waals surface area contributed by atoms with Gasteiger partial charge in [-0.15, -0.1) is 0 Å². The van der Waals surface area contributed by atoms with Crippen LogP contribution in [0.15, 0.2) is 48.7 Å². The van der Waals surface area contributed by atoms with Crippen LogP contribution < -0.4 is 4.74 Å². The molecule has 0 fully saturated rings. The van der Waals surface area contributed by atoms with E-state index in [-0.39, 0.29) is 11.2 Å². The van der Waals surface area contributed by atoms with Crippen LogP contribution in [0, 0.1) is 5.82 Å². The first-order valence-corrected chi connectivity index (χ1v) is 7.36. The summed E-state index contributed by atoms with van der Waals surface area (Å²) in [6.07, 6.45) is -0.441. The van der Waals surface area contributed by atoms with Crippen molar-refractivity contribution in [1.82, 2.24) is 4.98 Å². The fourth-order valence-electron chi connectivity index (χ4n) is 2.48. The summed E-state index contributed by atoms with van der Waals surface area (Å²) in [5.41, 5.74) is 0.278. The molecule has 1 aromatic heterocycles. The Kier molecular flexibility index (Phi) is 4.44. The van der Waals surface area contributed by atoms with Crippen LogP contribution in [0.5, 0.6) is 5.75 Å². The molecule has 0 N–H and O–H groups in total. The monoisotopic (exact) mass is 347 g/mol. The number of methoxy groups -OCH3 is 1. The van der Waals surface area contributed by atoms with Crippen LogP contribution in [0.25, 0.3) is 22.9 Å². The maximum atomic E-state index is 13.2. The summed E-state index contributed by atoms with van der Waals surface area (Å²) in [6.45, 7) is 0. The highest BCUT2D eigenvalue weighted by molar-refractivity contribution is 5.94. The van der Waals surface area contributed by atoms with E-state index in [1.165, 1.54) is 25.3 Å². The van der Waals surface area contributed by atoms with Crippen molar-refractivity contribution in [2.24, 2.45) is 0 Å². The normalized spacial score (nSPS) is 12.0. The first kappa shape index (κ1) is 17.0. The number of hydrogen-bond donors (Lipinski definition) is 0. The Morgan fingerprint density at radius 3 is 2.32 bits per heavy atom. The van der Waals surface area contributed by atoms with Gasteiger partial charge in [0.15, 0.2) is 0 Å². The Hall–Kier alpha value is -2.89. The van der Waals surface area contributed by atoms with E-state index in [1.807, 2.05) is 0 Å². The lowest BCUT2D eigenvalue weighted by Crippen LogP contribution is -2.07. The SMILES string of the molecule is COc1ccc2c(/C=C/c3ccc(F)cc3)ncc(C(F)(F)F)c2c1. The van der Waals surface area contributed by atoms with E-state index < -0.39 is 11.7 Å². The van der Waals surface area contributed by atoms with Crippen molar-refractivity contribution in [3.05, 3.63) is 71.3 Å². The van der Waals surface area contributed by atoms with E-state index in [0.29, 0.717) is 22.4 Å². The second-order valence-electron chi connectivity index (χ2n) is 5.35. The molecule has 0 bridgehead atoms. The minimum Gasteiger partial charge on any atom is -0.497 e. The number of benzene rings is 2. The van der Waals surface area contributed by atoms with Gasteiger partial charge < -0.3 is 4.74 Å². The number of ether oxygens (including phenoxy) is 1. The summed E-state index contributed by atoms with van der Waals surface area (Å²) in [5.74, 6) is -0.0278. The van der Waals surface area contributed by atoms with Crippen LogP contribution in [0.2, 0.25) is 0 Å². The molecule has 0 aliphatic carbocycles. The summed E-state index contributed by atoms with van der Waals surface area (Å²) in [5, 5.41) is 0.370. The zero-order chi connectivity index (χ0) is 18.0. The standard InChI is InChI=1S/C19H13F4NO/c1-25-14-7-8-15-16(10-14)17(19(21,22)23)11-24-18(15)9-4-12-2-5-13(20)6-3-12/h2-11H,1H3/b9-4+. The molecular weight excluding hydrogens is 334 g/mol. The number of halogens is 4. The maximum absolute atomic E-state index is 13.2. The molecule has 0 spiro atoms. The van der Waals surface area contributed by atoms with Crippen molar-refractivity contribution in [2.45, 2.75) is 6.18 Å². The lowest BCUT2D eigenvalue weighted by Gasteiger charge is -2.12. The third-order valence-corrected chi connectivity index (χ3v) is 3.73. The molecule has 0 aliphatic heterocycles. The van der Waals surface area contributed by atoms with Crippen LogP contribution in [0.4, 0.5) is 17.6 Å². The van der Waals surface area contributed by atoms with Crippen LogP contribution in [0.1, 0.15) is 16.8 Å². The van der Waals surface area contributed by atoms with Crippen molar-refractivity contribution in [1.29, 1.82) is 0 Å². The Bertz CT molecular complexity index is 931. The van der Waals surface area contributed by atoms with Crippen LogP contribution in [-0.2, 0) is 6.18 Å². The van der Waals surface area contributed by atoms with E-state index in [0.717, 1.165) is 6.20 Å². The average molecular weight is 347 g/mol. The van der Waals surface area contributed by atoms with Crippen molar-refractivity contribution >= 4 is 22.9 Å². The predicted molar refractivity (Wildman–Crippen MR) is 88.6 cm³/mol. The van der Waals surface area contributed by atoms with Gasteiger partial charge in [-0.1, -0.05) is 18.2 Å². The Balaban J connectivity index is 2.11. The zero-order valence-electron chi connectivity index (χ0n) is 13.1. The number of hydrogen-bond acceptors (Lipinski definition) is 2. The van der Waals surface area contributed by atoms with Crippen LogP contribution in [-0.4, -0.2) is 12.1 Å². The molecule has 3 rings (SSSR count). The fourth-order valence-corrected chi connectivity index (χ4v) is 2.48. The summed E-state index contributed by atoms with van der Waals surface area (Å²) in [7, 11) is 1.39. The zero-order valence-corrected chi connectivity index (χ0v) is 13.1. The number of rotatable bonds is 3. The molecule has 0 saturated carbocycles. The van der Waals surface area contributed by atoms with Crippen LogP contribution >= 0.6 is 0 Å². The maximum Gasteiger partial charge on any atom is 0.418 e. The molecule has 0 unspecified atom stereocenters. The minimum absolute atomic E-state index is 0.0145. The highest BCUT2D eigenvalue weighted by atomic mass is 19.4. The number of pyridine rings is 1. The number of alkyl halides is 3. The Morgan fingerprint density at radius 1 is 0.960 bits per heavy atom. The van der Waals surface area contributed by atoms with E-state index in [4.69, 9.17) is 4.74 Å². The summed E-state index contributed by atoms with van der Waals surface area (Å²) in [4.78, 5) is 3.94. The number of aromatic nitrogens is 1. The average Bonchev–Trinajstić information content (AvgIpc) is 2.59. The molecule has 0 atom stereocenters. The van der Waals surface area contributed by atoms with E-state index in [9.17, 15) is 17.6 Å². The summed E-state index contributed by atoms with van der Waals surface area (Å²) >= 11 is 0. The molecule has 0 saturated heterocycles. The molecule has 6 heteroatoms. The number of nitrogens with zero attached hydrogens (tertiary/aromatic N) is 1. The van der Waals surface area contributed by atoms with Gasteiger partial charge in [-0.05, 0) is 42.0 Å². The van der Waals surface area contributed by atoms with Gasteiger partial charge in [0.1, 0.15) is 11.6 Å². The molecular formula is C19H13F4NO. The van der Waals surface area contributed by atoms with Gasteiger partial charge in [-0.25, -0.2) is 4.39 Å². The quantitative estimate of drug-likeness (QED) is 0.578. The van der Waals surface area contributed by atoms with Gasteiger partial charge in [0, 0.05) is 17.0 Å². The predicted octanol–water partition coefficient (Wildman–Crippen LogP) is 5.57. The molecule has 128 valence electrons. The van der Waals surface area contributed by atoms with Gasteiger partial charge in [-0.2, -0.15) is 13.2 Å². The van der Waals surface area contributed by atoms with Gasteiger partial charge in [0.05, 0.1) is 18.4 Å². The highest BCUT2D eigenvalue weighted by Crippen LogP contribution is 2.36. The molecule has 2 nitrogen and oxygen atoms in total. The van der Waals surface area contributed by atoms with Gasteiger partial charge in [0.25, 0.3) is 0 Å². The van der Waals surface area contributed by atoms with Crippen molar-refractivity contribution in [3.8, 4) is 5.75 Å². The van der Waals surface area contributed by atoms with Crippen molar-refractivity contribution in [2.75, 3.05) is 7.11 Å². The van der Waals surface area contributed by atoms with E-state index in [1.54, 1.807) is 36.4 Å². The Morgan fingerprint density at radius 2 is 1.68 bits per heavy atom. The van der Waals surface area contributed by atoms with E-state index in [2.05, 4.69) is 4.98 Å². The van der Waals surface area contributed by atoms with Gasteiger partial charge >= 0.3 is 6.18 Å². The molecule has 25 heavy (non-hydrogen) atoms. The lowest BCUT2D eigenvalue weighted by molar-refractivity contribution is -0.136. The topological polar surface area (TPSA) is 22.1 Å². The Labute approximate surface area is 141 Å². The van der Waals surface area contributed by atoms with E-state index >= 15 is 0 Å². The first-order valence-electron chi connectivity index (χ1n) is 7.36. The number of fused-ring (bicyclic) bond motifs is 1. The van der Waals surface area contributed by atoms with Crippen molar-refractivity contribution in [3.63, 3.8) is 0 Å². The lowest BCUT2D eigenvalue weighted by atomic mass is 10.0. The van der Waals surface area contributed by atoms with Crippen LogP contribution in [0.3, 0.4) is 0 Å². The summed E-state index contributed by atoms with van der Waals surface area (Å²) < 4.78 is 57.7. The fraction of sp³-hybridized carbons (Fsp3) is 0.105. The molecule has 3 aromatic rings. The third-order valence-electron chi connectivity index (χ3n) is 3.73. The van der Waals surface area contributed by atoms with Gasteiger partial charge in [0.2, 0.25) is 0 Å². The molecule has 0 radical (unpaired) electrons. The second kappa shape index (κ2) is 6.55. The first-order chi connectivity index (χ1) is 11.9. The molecule has 0 amide bonds. The molecule has 1 heterocycles. The highest BCUT2D eigenvalue weighted by Gasteiger charge is 2.33. The van der Waals surface area contributed by atoms with Crippen molar-refractivity contribution < 1.29 is 22.3 Å². The largest absolute Gasteiger partial charge is 0.497 e. The summed E-state index contributed by atoms with van der Waals surface area (Å²) in [6, 6.07) is 10.2. The second-order valence-corrected chi connectivity index (χ2v) is 5.35. The molecule has 0 aliphatic rings. The molecule has 2 aromatic carbocycles. The third kappa shape index (κ3) is 3.63.